The molecule has 3 heteroatoms. The summed E-state index contributed by atoms with van der Waals surface area (Å²) in [6, 6.07) is 13.7. The SMILES string of the molecule is O=S1(=O)c2ccccc2C#Cc2ccccc21. The van der Waals surface area contributed by atoms with Crippen molar-refractivity contribution >= 4 is 9.84 Å². The zero-order valence-electron chi connectivity index (χ0n) is 8.84. The Labute approximate surface area is 99.8 Å². The van der Waals surface area contributed by atoms with Crippen molar-refractivity contribution in [2.75, 3.05) is 0 Å². The van der Waals surface area contributed by atoms with Gasteiger partial charge >= 0.3 is 0 Å². The molecule has 82 valence electrons. The second-order valence-corrected chi connectivity index (χ2v) is 5.63. The quantitative estimate of drug-likeness (QED) is 0.565. The van der Waals surface area contributed by atoms with Crippen LogP contribution in [0.25, 0.3) is 0 Å². The third kappa shape index (κ3) is 1.46. The summed E-state index contributed by atoms with van der Waals surface area (Å²) in [6.07, 6.45) is 0. The first-order chi connectivity index (χ1) is 8.19. The average molecular weight is 240 g/mol. The first-order valence-electron chi connectivity index (χ1n) is 5.15. The molecular formula is C14H8O2S. The van der Waals surface area contributed by atoms with E-state index in [0.29, 0.717) is 11.1 Å². The summed E-state index contributed by atoms with van der Waals surface area (Å²) in [4.78, 5) is 0.579. The lowest BCUT2D eigenvalue weighted by Crippen LogP contribution is -2.04. The van der Waals surface area contributed by atoms with Crippen molar-refractivity contribution in [1.29, 1.82) is 0 Å². The topological polar surface area (TPSA) is 34.1 Å². The van der Waals surface area contributed by atoms with Crippen LogP contribution in [0, 0.1) is 11.8 Å². The molecule has 0 amide bonds. The highest BCUT2D eigenvalue weighted by molar-refractivity contribution is 7.91. The fourth-order valence-corrected chi connectivity index (χ4v) is 3.43. The Bertz CT molecular complexity index is 705. The highest BCUT2D eigenvalue weighted by atomic mass is 32.2. The predicted molar refractivity (Wildman–Crippen MR) is 64.3 cm³/mol. The Morgan fingerprint density at radius 1 is 0.706 bits per heavy atom. The van der Waals surface area contributed by atoms with Crippen LogP contribution in [-0.2, 0) is 9.84 Å². The zero-order chi connectivity index (χ0) is 11.9. The van der Waals surface area contributed by atoms with Crippen molar-refractivity contribution in [3.8, 4) is 11.8 Å². The molecule has 17 heavy (non-hydrogen) atoms. The maximum atomic E-state index is 12.4. The fraction of sp³-hybridized carbons (Fsp3) is 0. The predicted octanol–water partition coefficient (Wildman–Crippen LogP) is 2.23. The summed E-state index contributed by atoms with van der Waals surface area (Å²) < 4.78 is 24.9. The summed E-state index contributed by atoms with van der Waals surface area (Å²) in [5.74, 6) is 5.82. The lowest BCUT2D eigenvalue weighted by atomic mass is 10.2. The molecule has 0 spiro atoms. The largest absolute Gasteiger partial charge is 0.218 e. The standard InChI is InChI=1S/C14H8O2S/c15-17(16)13-7-3-1-5-11(13)9-10-12-6-2-4-8-14(12)17/h1-8H. The molecule has 0 radical (unpaired) electrons. The molecule has 0 N–H and O–H groups in total. The molecule has 0 saturated carbocycles. The third-order valence-corrected chi connectivity index (χ3v) is 4.56. The molecular weight excluding hydrogens is 232 g/mol. The van der Waals surface area contributed by atoms with Crippen LogP contribution in [0.2, 0.25) is 0 Å². The van der Waals surface area contributed by atoms with Gasteiger partial charge in [-0.1, -0.05) is 36.1 Å². The molecule has 2 aromatic carbocycles. The zero-order valence-corrected chi connectivity index (χ0v) is 9.66. The van der Waals surface area contributed by atoms with Crippen molar-refractivity contribution < 1.29 is 8.42 Å². The van der Waals surface area contributed by atoms with Crippen LogP contribution in [0.1, 0.15) is 11.1 Å². The molecule has 2 aromatic rings. The number of hydrogen-bond donors (Lipinski definition) is 0. The van der Waals surface area contributed by atoms with Crippen LogP contribution in [0.4, 0.5) is 0 Å². The van der Waals surface area contributed by atoms with Gasteiger partial charge in [-0.25, -0.2) is 8.42 Å². The smallest absolute Gasteiger partial charge is 0.209 e. The van der Waals surface area contributed by atoms with Crippen LogP contribution < -0.4 is 0 Å². The Balaban J connectivity index is 2.46. The number of rotatable bonds is 0. The van der Waals surface area contributed by atoms with Gasteiger partial charge < -0.3 is 0 Å². The number of sulfone groups is 1. The third-order valence-electron chi connectivity index (χ3n) is 2.68. The van der Waals surface area contributed by atoms with Gasteiger partial charge in [-0.2, -0.15) is 0 Å². The van der Waals surface area contributed by atoms with Gasteiger partial charge in [0.15, 0.2) is 0 Å². The Morgan fingerprint density at radius 3 is 1.59 bits per heavy atom. The lowest BCUT2D eigenvalue weighted by molar-refractivity contribution is 0.596. The minimum Gasteiger partial charge on any atom is -0.218 e. The van der Waals surface area contributed by atoms with E-state index in [1.54, 1.807) is 48.5 Å². The van der Waals surface area contributed by atoms with Crippen molar-refractivity contribution in [3.63, 3.8) is 0 Å². The Hall–Kier alpha value is -2.05. The van der Waals surface area contributed by atoms with Gasteiger partial charge in [-0.3, -0.25) is 0 Å². The van der Waals surface area contributed by atoms with Gasteiger partial charge in [0.1, 0.15) is 0 Å². The monoisotopic (exact) mass is 240 g/mol. The number of hydrogen-bond acceptors (Lipinski definition) is 2. The van der Waals surface area contributed by atoms with Crippen LogP contribution >= 0.6 is 0 Å². The molecule has 2 nitrogen and oxygen atoms in total. The van der Waals surface area contributed by atoms with Gasteiger partial charge in [0, 0.05) is 11.1 Å². The van der Waals surface area contributed by atoms with Gasteiger partial charge in [0.2, 0.25) is 9.84 Å². The summed E-state index contributed by atoms with van der Waals surface area (Å²) in [5.41, 5.74) is 1.12. The minimum atomic E-state index is -3.46. The van der Waals surface area contributed by atoms with E-state index in [2.05, 4.69) is 11.8 Å². The molecule has 3 rings (SSSR count). The normalized spacial score (nSPS) is 14.8. The summed E-state index contributed by atoms with van der Waals surface area (Å²) >= 11 is 0. The van der Waals surface area contributed by atoms with E-state index < -0.39 is 9.84 Å². The van der Waals surface area contributed by atoms with E-state index in [4.69, 9.17) is 0 Å². The average Bonchev–Trinajstić information content (AvgIpc) is 2.47. The number of benzene rings is 2. The van der Waals surface area contributed by atoms with Crippen molar-refractivity contribution in [2.45, 2.75) is 9.79 Å². The van der Waals surface area contributed by atoms with Crippen LogP contribution in [0.5, 0.6) is 0 Å². The van der Waals surface area contributed by atoms with E-state index in [1.165, 1.54) is 0 Å². The summed E-state index contributed by atoms with van der Waals surface area (Å²) in [5, 5.41) is 0. The van der Waals surface area contributed by atoms with E-state index in [9.17, 15) is 8.42 Å². The molecule has 0 bridgehead atoms. The molecule has 0 aliphatic carbocycles. The Morgan fingerprint density at radius 2 is 1.12 bits per heavy atom. The second-order valence-electron chi connectivity index (χ2n) is 3.75. The van der Waals surface area contributed by atoms with Crippen molar-refractivity contribution in [2.24, 2.45) is 0 Å². The highest BCUT2D eigenvalue weighted by Gasteiger charge is 2.24. The van der Waals surface area contributed by atoms with Crippen molar-refractivity contribution in [1.82, 2.24) is 0 Å². The maximum absolute atomic E-state index is 12.4. The van der Waals surface area contributed by atoms with Crippen LogP contribution in [0.15, 0.2) is 58.3 Å². The molecule has 1 heterocycles. The molecule has 1 aliphatic heterocycles. The first kappa shape index (κ1) is 10.1. The van der Waals surface area contributed by atoms with Gasteiger partial charge in [0.25, 0.3) is 0 Å². The lowest BCUT2D eigenvalue weighted by Gasteiger charge is -2.06. The first-order valence-corrected chi connectivity index (χ1v) is 6.63. The van der Waals surface area contributed by atoms with Crippen molar-refractivity contribution in [3.05, 3.63) is 59.7 Å². The van der Waals surface area contributed by atoms with Gasteiger partial charge in [-0.15, -0.1) is 0 Å². The van der Waals surface area contributed by atoms with Gasteiger partial charge in [0.05, 0.1) is 9.79 Å². The van der Waals surface area contributed by atoms with E-state index in [1.807, 2.05) is 0 Å². The van der Waals surface area contributed by atoms with Gasteiger partial charge in [-0.05, 0) is 24.3 Å². The van der Waals surface area contributed by atoms with E-state index in [0.717, 1.165) is 0 Å². The summed E-state index contributed by atoms with van der Waals surface area (Å²) in [6.45, 7) is 0. The molecule has 0 unspecified atom stereocenters. The summed E-state index contributed by atoms with van der Waals surface area (Å²) in [7, 11) is -3.46. The van der Waals surface area contributed by atoms with E-state index >= 15 is 0 Å². The fourth-order valence-electron chi connectivity index (χ4n) is 1.86. The molecule has 0 fully saturated rings. The molecule has 0 atom stereocenters. The highest BCUT2D eigenvalue weighted by Crippen LogP contribution is 2.28. The maximum Gasteiger partial charge on any atom is 0.209 e. The second kappa shape index (κ2) is 3.47. The van der Waals surface area contributed by atoms with Crippen LogP contribution in [-0.4, -0.2) is 8.42 Å². The van der Waals surface area contributed by atoms with Crippen LogP contribution in [0.3, 0.4) is 0 Å². The minimum absolute atomic E-state index is 0.289. The Kier molecular flexibility index (Phi) is 2.07. The number of fused-ring (bicyclic) bond motifs is 2. The molecule has 0 saturated heterocycles. The molecule has 0 aromatic heterocycles. The molecule has 1 aliphatic rings. The van der Waals surface area contributed by atoms with E-state index in [-0.39, 0.29) is 9.79 Å².